The van der Waals surface area contributed by atoms with E-state index in [9.17, 15) is 4.79 Å². The summed E-state index contributed by atoms with van der Waals surface area (Å²) in [6.45, 7) is 1.92. The van der Waals surface area contributed by atoms with Crippen LogP contribution in [-0.2, 0) is 6.42 Å². The third-order valence-electron chi connectivity index (χ3n) is 1.90. The molecule has 0 radical (unpaired) electrons. The molecule has 0 bridgehead atoms. The summed E-state index contributed by atoms with van der Waals surface area (Å²) < 4.78 is 5.58. The van der Waals surface area contributed by atoms with Crippen molar-refractivity contribution < 1.29 is 9.21 Å². The summed E-state index contributed by atoms with van der Waals surface area (Å²) in [6, 6.07) is 1.67. The number of furan rings is 1. The maximum absolute atomic E-state index is 11.7. The Labute approximate surface area is 99.3 Å². The summed E-state index contributed by atoms with van der Waals surface area (Å²) in [4.78, 5) is 16.0. The van der Waals surface area contributed by atoms with Crippen molar-refractivity contribution in [3.8, 4) is 0 Å². The highest BCUT2D eigenvalue weighted by Gasteiger charge is 2.11. The molecule has 0 spiro atoms. The minimum atomic E-state index is 0.0229. The molecule has 0 aliphatic heterocycles. The molecule has 3 nitrogen and oxygen atoms in total. The third kappa shape index (κ3) is 2.54. The zero-order valence-corrected chi connectivity index (χ0v) is 10.4. The normalized spacial score (nSPS) is 10.5. The first-order valence-corrected chi connectivity index (χ1v) is 6.00. The van der Waals surface area contributed by atoms with E-state index in [0.717, 1.165) is 10.7 Å². The number of halogens is 1. The summed E-state index contributed by atoms with van der Waals surface area (Å²) in [7, 11) is 0. The van der Waals surface area contributed by atoms with E-state index in [2.05, 4.69) is 20.9 Å². The monoisotopic (exact) mass is 285 g/mol. The summed E-state index contributed by atoms with van der Waals surface area (Å²) in [5.41, 5.74) is 1.40. The number of hydrogen-bond donors (Lipinski definition) is 0. The van der Waals surface area contributed by atoms with Crippen molar-refractivity contribution >= 4 is 33.0 Å². The van der Waals surface area contributed by atoms with Crippen LogP contribution in [0.5, 0.6) is 0 Å². The van der Waals surface area contributed by atoms with Crippen LogP contribution in [0.4, 0.5) is 0 Å². The summed E-state index contributed by atoms with van der Waals surface area (Å²) in [5, 5.41) is 2.88. The van der Waals surface area contributed by atoms with E-state index < -0.39 is 0 Å². The van der Waals surface area contributed by atoms with Crippen LogP contribution in [0.2, 0.25) is 0 Å². The number of ketones is 1. The first-order chi connectivity index (χ1) is 7.15. The average molecular weight is 286 g/mol. The third-order valence-corrected chi connectivity index (χ3v) is 3.14. The van der Waals surface area contributed by atoms with Crippen molar-refractivity contribution in [1.82, 2.24) is 4.98 Å². The van der Waals surface area contributed by atoms with Gasteiger partial charge in [0.1, 0.15) is 6.26 Å². The van der Waals surface area contributed by atoms with E-state index in [1.165, 1.54) is 6.26 Å². The Morgan fingerprint density at radius 3 is 3.00 bits per heavy atom. The molecule has 2 aromatic heterocycles. The van der Waals surface area contributed by atoms with Crippen LogP contribution in [0.1, 0.15) is 21.1 Å². The molecule has 2 rings (SSSR count). The maximum atomic E-state index is 11.7. The molecule has 0 aliphatic rings. The number of carbonyl (C=O) groups is 1. The van der Waals surface area contributed by atoms with Gasteiger partial charge in [-0.3, -0.25) is 4.79 Å². The molecule has 0 fully saturated rings. The fourth-order valence-electron chi connectivity index (χ4n) is 1.21. The molecule has 15 heavy (non-hydrogen) atoms. The molecule has 0 saturated carbocycles. The molecule has 0 amide bonds. The van der Waals surface area contributed by atoms with Crippen molar-refractivity contribution in [2.24, 2.45) is 0 Å². The molecular weight excluding hydrogens is 278 g/mol. The summed E-state index contributed by atoms with van der Waals surface area (Å²) >= 11 is 4.71. The molecular formula is C10H8BrNO2S. The zero-order chi connectivity index (χ0) is 10.8. The Morgan fingerprint density at radius 1 is 1.67 bits per heavy atom. The van der Waals surface area contributed by atoms with Crippen molar-refractivity contribution in [2.45, 2.75) is 13.3 Å². The van der Waals surface area contributed by atoms with Crippen LogP contribution in [0.3, 0.4) is 0 Å². The molecule has 0 atom stereocenters. The highest BCUT2D eigenvalue weighted by Crippen LogP contribution is 2.16. The maximum Gasteiger partial charge on any atom is 0.172 e. The van der Waals surface area contributed by atoms with Gasteiger partial charge in [0.25, 0.3) is 0 Å². The Morgan fingerprint density at radius 2 is 2.47 bits per heavy atom. The Bertz CT molecular complexity index is 489. The smallest absolute Gasteiger partial charge is 0.172 e. The van der Waals surface area contributed by atoms with Crippen molar-refractivity contribution in [1.29, 1.82) is 0 Å². The molecule has 5 heteroatoms. The van der Waals surface area contributed by atoms with E-state index in [4.69, 9.17) is 4.42 Å². The zero-order valence-electron chi connectivity index (χ0n) is 7.99. The van der Waals surface area contributed by atoms with E-state index in [1.807, 2.05) is 12.3 Å². The van der Waals surface area contributed by atoms with Gasteiger partial charge in [-0.2, -0.15) is 0 Å². The molecule has 2 heterocycles. The quantitative estimate of drug-likeness (QED) is 0.813. The van der Waals surface area contributed by atoms with Crippen molar-refractivity contribution in [2.75, 3.05) is 0 Å². The highest BCUT2D eigenvalue weighted by molar-refractivity contribution is 9.10. The molecule has 78 valence electrons. The van der Waals surface area contributed by atoms with Gasteiger partial charge in [-0.25, -0.2) is 4.98 Å². The Hall–Kier alpha value is -0.940. The molecule has 0 aromatic carbocycles. The van der Waals surface area contributed by atoms with Crippen LogP contribution in [0, 0.1) is 6.92 Å². The standard InChI is InChI=1S/C10H8BrNO2S/c1-6-12-8(5-15-6)3-9(13)7-2-10(11)14-4-7/h2,4-5H,3H2,1H3. The average Bonchev–Trinajstić information content (AvgIpc) is 2.75. The first kappa shape index (κ1) is 10.6. The van der Waals surface area contributed by atoms with Crippen LogP contribution >= 0.6 is 27.3 Å². The number of aryl methyl sites for hydroxylation is 1. The van der Waals surface area contributed by atoms with Crippen LogP contribution in [-0.4, -0.2) is 10.8 Å². The topological polar surface area (TPSA) is 43.1 Å². The number of carbonyl (C=O) groups excluding carboxylic acids is 1. The predicted octanol–water partition coefficient (Wildman–Crippen LogP) is 3.23. The van der Waals surface area contributed by atoms with Crippen LogP contribution in [0.15, 0.2) is 26.8 Å². The van der Waals surface area contributed by atoms with E-state index in [1.54, 1.807) is 17.4 Å². The van der Waals surface area contributed by atoms with Gasteiger partial charge in [0.15, 0.2) is 10.5 Å². The lowest BCUT2D eigenvalue weighted by Gasteiger charge is -1.92. The van der Waals surface area contributed by atoms with Crippen LogP contribution < -0.4 is 0 Å². The van der Waals surface area contributed by atoms with Crippen molar-refractivity contribution in [3.05, 3.63) is 38.6 Å². The lowest BCUT2D eigenvalue weighted by molar-refractivity contribution is 0.0991. The van der Waals surface area contributed by atoms with Gasteiger partial charge < -0.3 is 4.42 Å². The van der Waals surface area contributed by atoms with Gasteiger partial charge in [0.05, 0.1) is 22.7 Å². The fourth-order valence-corrected chi connectivity index (χ4v) is 2.16. The highest BCUT2D eigenvalue weighted by atomic mass is 79.9. The first-order valence-electron chi connectivity index (χ1n) is 4.33. The summed E-state index contributed by atoms with van der Waals surface area (Å²) in [5.74, 6) is 0.0229. The van der Waals surface area contributed by atoms with Crippen LogP contribution in [0.25, 0.3) is 0 Å². The van der Waals surface area contributed by atoms with Crippen molar-refractivity contribution in [3.63, 3.8) is 0 Å². The number of aromatic nitrogens is 1. The van der Waals surface area contributed by atoms with Gasteiger partial charge in [0, 0.05) is 11.4 Å². The minimum Gasteiger partial charge on any atom is -0.457 e. The molecule has 0 unspecified atom stereocenters. The Balaban J connectivity index is 2.10. The lowest BCUT2D eigenvalue weighted by Crippen LogP contribution is -2.02. The largest absolute Gasteiger partial charge is 0.457 e. The SMILES string of the molecule is Cc1nc(CC(=O)c2coc(Br)c2)cs1. The second kappa shape index (κ2) is 4.28. The van der Waals surface area contributed by atoms with Gasteiger partial charge in [-0.05, 0) is 22.9 Å². The lowest BCUT2D eigenvalue weighted by atomic mass is 10.1. The minimum absolute atomic E-state index is 0.0229. The number of rotatable bonds is 3. The summed E-state index contributed by atoms with van der Waals surface area (Å²) in [6.07, 6.45) is 1.78. The molecule has 0 saturated heterocycles. The second-order valence-electron chi connectivity index (χ2n) is 3.10. The van der Waals surface area contributed by atoms with Gasteiger partial charge in [-0.1, -0.05) is 0 Å². The number of hydrogen-bond acceptors (Lipinski definition) is 4. The fraction of sp³-hybridized carbons (Fsp3) is 0.200. The number of nitrogens with zero attached hydrogens (tertiary/aromatic N) is 1. The van der Waals surface area contributed by atoms with E-state index >= 15 is 0 Å². The second-order valence-corrected chi connectivity index (χ2v) is 4.94. The van der Waals surface area contributed by atoms with Gasteiger partial charge >= 0.3 is 0 Å². The number of thiazole rings is 1. The number of Topliss-reactive ketones (excluding diaryl/α,β-unsaturated/α-hetero) is 1. The molecule has 2 aromatic rings. The van der Waals surface area contributed by atoms with Gasteiger partial charge in [-0.15, -0.1) is 11.3 Å². The van der Waals surface area contributed by atoms with E-state index in [0.29, 0.717) is 16.7 Å². The molecule has 0 aliphatic carbocycles. The predicted molar refractivity (Wildman–Crippen MR) is 61.3 cm³/mol. The molecule has 0 N–H and O–H groups in total. The Kier molecular flexibility index (Phi) is 3.02. The van der Waals surface area contributed by atoms with Gasteiger partial charge in [0.2, 0.25) is 0 Å². The van der Waals surface area contributed by atoms with E-state index in [-0.39, 0.29) is 5.78 Å².